The third kappa shape index (κ3) is 5.38. The second kappa shape index (κ2) is 10.4. The summed E-state index contributed by atoms with van der Waals surface area (Å²) in [7, 11) is 0. The lowest BCUT2D eigenvalue weighted by Crippen LogP contribution is -2.12. The molecule has 1 N–H and O–H groups in total. The SMILES string of the molecule is N#C/C(C(=O)c1ccccc1Cl)=C(/Nc1ccccc1)SCC(=O)c1ccccc1. The summed E-state index contributed by atoms with van der Waals surface area (Å²) in [5, 5.41) is 13.4. The highest BCUT2D eigenvalue weighted by atomic mass is 35.5. The number of carbonyl (C=O) groups excluding carboxylic acids is 2. The molecule has 0 unspecified atom stereocenters. The molecule has 4 nitrogen and oxygen atoms in total. The third-order valence-corrected chi connectivity index (χ3v) is 5.49. The van der Waals surface area contributed by atoms with Gasteiger partial charge in [0.1, 0.15) is 11.6 Å². The molecule has 0 heterocycles. The maximum atomic E-state index is 13.0. The number of Topliss-reactive ketones (excluding diaryl/α,β-unsaturated/α-hetero) is 2. The summed E-state index contributed by atoms with van der Waals surface area (Å²) in [6.45, 7) is 0. The van der Waals surface area contributed by atoms with Crippen molar-refractivity contribution in [1.82, 2.24) is 0 Å². The van der Waals surface area contributed by atoms with Crippen LogP contribution in [0.5, 0.6) is 0 Å². The van der Waals surface area contributed by atoms with Gasteiger partial charge >= 0.3 is 0 Å². The topological polar surface area (TPSA) is 70.0 Å². The van der Waals surface area contributed by atoms with E-state index in [0.717, 1.165) is 11.8 Å². The number of halogens is 1. The van der Waals surface area contributed by atoms with E-state index < -0.39 is 5.78 Å². The third-order valence-electron chi connectivity index (χ3n) is 4.16. The van der Waals surface area contributed by atoms with E-state index in [1.807, 2.05) is 42.5 Å². The van der Waals surface area contributed by atoms with Gasteiger partial charge in [-0.05, 0) is 24.3 Å². The van der Waals surface area contributed by atoms with Crippen LogP contribution in [0.15, 0.2) is 95.5 Å². The fourth-order valence-electron chi connectivity index (χ4n) is 2.65. The van der Waals surface area contributed by atoms with Crippen LogP contribution in [0.25, 0.3) is 0 Å². The van der Waals surface area contributed by atoms with E-state index in [9.17, 15) is 14.9 Å². The van der Waals surface area contributed by atoms with Crippen molar-refractivity contribution >= 4 is 40.6 Å². The van der Waals surface area contributed by atoms with Crippen LogP contribution in [0, 0.1) is 11.3 Å². The van der Waals surface area contributed by atoms with Crippen LogP contribution in [-0.2, 0) is 0 Å². The number of carbonyl (C=O) groups is 2. The smallest absolute Gasteiger partial charge is 0.207 e. The van der Waals surface area contributed by atoms with Crippen LogP contribution in [0.3, 0.4) is 0 Å². The van der Waals surface area contributed by atoms with Crippen molar-refractivity contribution in [3.05, 3.63) is 112 Å². The van der Waals surface area contributed by atoms with Gasteiger partial charge in [0, 0.05) is 16.8 Å². The minimum Gasteiger partial charge on any atom is -0.349 e. The van der Waals surface area contributed by atoms with Crippen LogP contribution in [0.2, 0.25) is 5.02 Å². The number of para-hydroxylation sites is 1. The van der Waals surface area contributed by atoms with Crippen LogP contribution in [-0.4, -0.2) is 17.3 Å². The molecule has 0 amide bonds. The highest BCUT2D eigenvalue weighted by molar-refractivity contribution is 8.03. The van der Waals surface area contributed by atoms with Gasteiger partial charge in [-0.1, -0.05) is 84.0 Å². The van der Waals surface area contributed by atoms with Gasteiger partial charge < -0.3 is 5.32 Å². The second-order valence-electron chi connectivity index (χ2n) is 6.19. The van der Waals surface area contributed by atoms with Gasteiger partial charge in [-0.15, -0.1) is 0 Å². The number of hydrogen-bond donors (Lipinski definition) is 1. The molecule has 148 valence electrons. The number of rotatable bonds is 8. The number of nitriles is 1. The van der Waals surface area contributed by atoms with Crippen molar-refractivity contribution in [2.24, 2.45) is 0 Å². The summed E-state index contributed by atoms with van der Waals surface area (Å²) in [5.74, 6) is -0.531. The van der Waals surface area contributed by atoms with Gasteiger partial charge in [0.15, 0.2) is 5.78 Å². The van der Waals surface area contributed by atoms with Gasteiger partial charge in [0.05, 0.1) is 15.8 Å². The number of allylic oxidation sites excluding steroid dienone is 1. The largest absolute Gasteiger partial charge is 0.349 e. The normalized spacial score (nSPS) is 11.2. The summed E-state index contributed by atoms with van der Waals surface area (Å²) < 4.78 is 0. The van der Waals surface area contributed by atoms with Crippen LogP contribution in [0.1, 0.15) is 20.7 Å². The maximum absolute atomic E-state index is 13.0. The predicted molar refractivity (Wildman–Crippen MR) is 122 cm³/mol. The lowest BCUT2D eigenvalue weighted by molar-refractivity contribution is 0.101. The fraction of sp³-hybridized carbons (Fsp3) is 0.0417. The van der Waals surface area contributed by atoms with Gasteiger partial charge in [0.2, 0.25) is 5.78 Å². The Morgan fingerprint density at radius 1 is 0.900 bits per heavy atom. The zero-order valence-corrected chi connectivity index (χ0v) is 17.4. The van der Waals surface area contributed by atoms with Crippen molar-refractivity contribution in [2.45, 2.75) is 0 Å². The predicted octanol–water partition coefficient (Wildman–Crippen LogP) is 5.99. The molecule has 0 fully saturated rings. The lowest BCUT2D eigenvalue weighted by Gasteiger charge is -2.13. The Morgan fingerprint density at radius 3 is 2.13 bits per heavy atom. The number of nitrogens with one attached hydrogen (secondary N) is 1. The molecule has 0 bridgehead atoms. The molecule has 0 radical (unpaired) electrons. The van der Waals surface area contributed by atoms with E-state index >= 15 is 0 Å². The van der Waals surface area contributed by atoms with Crippen molar-refractivity contribution in [3.8, 4) is 6.07 Å². The summed E-state index contributed by atoms with van der Waals surface area (Å²) in [6, 6.07) is 26.6. The van der Waals surface area contributed by atoms with Crippen molar-refractivity contribution < 1.29 is 9.59 Å². The number of ketones is 2. The average molecular weight is 433 g/mol. The molecule has 0 atom stereocenters. The zero-order valence-electron chi connectivity index (χ0n) is 15.8. The first-order valence-corrected chi connectivity index (χ1v) is 10.4. The van der Waals surface area contributed by atoms with Crippen LogP contribution < -0.4 is 5.32 Å². The first-order valence-electron chi connectivity index (χ1n) is 9.07. The van der Waals surface area contributed by atoms with Crippen molar-refractivity contribution in [2.75, 3.05) is 11.1 Å². The Kier molecular flexibility index (Phi) is 7.45. The minimum absolute atomic E-state index is 0.0696. The Balaban J connectivity index is 1.94. The Bertz CT molecular complexity index is 1120. The molecule has 3 rings (SSSR count). The lowest BCUT2D eigenvalue weighted by atomic mass is 10.1. The summed E-state index contributed by atoms with van der Waals surface area (Å²) in [5.41, 5.74) is 1.41. The van der Waals surface area contributed by atoms with Crippen LogP contribution in [0.4, 0.5) is 5.69 Å². The first-order chi connectivity index (χ1) is 14.6. The summed E-state index contributed by atoms with van der Waals surface area (Å²) >= 11 is 7.27. The Morgan fingerprint density at radius 2 is 1.50 bits per heavy atom. The van der Waals surface area contributed by atoms with Crippen LogP contribution >= 0.6 is 23.4 Å². The van der Waals surface area contributed by atoms with Gasteiger partial charge in [-0.3, -0.25) is 9.59 Å². The van der Waals surface area contributed by atoms with Crippen molar-refractivity contribution in [3.63, 3.8) is 0 Å². The Labute approximate surface area is 184 Å². The van der Waals surface area contributed by atoms with Gasteiger partial charge in [-0.2, -0.15) is 5.26 Å². The molecule has 0 aliphatic heterocycles. The molecule has 0 aromatic heterocycles. The summed E-state index contributed by atoms with van der Waals surface area (Å²) in [4.78, 5) is 25.6. The molecule has 3 aromatic carbocycles. The number of hydrogen-bond acceptors (Lipinski definition) is 5. The van der Waals surface area contributed by atoms with E-state index in [2.05, 4.69) is 5.32 Å². The molecule has 0 aliphatic carbocycles. The number of benzene rings is 3. The summed E-state index contributed by atoms with van der Waals surface area (Å²) in [6.07, 6.45) is 0. The number of thioether (sulfide) groups is 1. The average Bonchev–Trinajstić information content (AvgIpc) is 2.79. The van der Waals surface area contributed by atoms with E-state index in [0.29, 0.717) is 16.3 Å². The molecule has 0 saturated heterocycles. The monoisotopic (exact) mass is 432 g/mol. The molecule has 30 heavy (non-hydrogen) atoms. The molecule has 0 spiro atoms. The number of anilines is 1. The highest BCUT2D eigenvalue weighted by Crippen LogP contribution is 2.27. The molecule has 3 aromatic rings. The second-order valence-corrected chi connectivity index (χ2v) is 7.59. The highest BCUT2D eigenvalue weighted by Gasteiger charge is 2.21. The minimum atomic E-state index is -0.499. The van der Waals surface area contributed by atoms with E-state index in [1.54, 1.807) is 48.5 Å². The Hall–Kier alpha value is -3.33. The van der Waals surface area contributed by atoms with E-state index in [4.69, 9.17) is 11.6 Å². The van der Waals surface area contributed by atoms with E-state index in [-0.39, 0.29) is 27.7 Å². The van der Waals surface area contributed by atoms with Crippen molar-refractivity contribution in [1.29, 1.82) is 5.26 Å². The number of nitrogens with zero attached hydrogens (tertiary/aromatic N) is 1. The van der Waals surface area contributed by atoms with Gasteiger partial charge in [-0.25, -0.2) is 0 Å². The maximum Gasteiger partial charge on any atom is 0.207 e. The molecule has 0 aliphatic rings. The standard InChI is InChI=1S/C24H17ClN2O2S/c25-21-14-8-7-13-19(21)23(29)20(15-26)24(27-18-11-5-2-6-12-18)30-16-22(28)17-9-3-1-4-10-17/h1-14,27H,16H2/b24-20+. The first kappa shape index (κ1) is 21.4. The fourth-order valence-corrected chi connectivity index (χ4v) is 3.79. The van der Waals surface area contributed by atoms with E-state index in [1.165, 1.54) is 0 Å². The molecular weight excluding hydrogens is 416 g/mol. The van der Waals surface area contributed by atoms with Gasteiger partial charge in [0.25, 0.3) is 0 Å². The molecular formula is C24H17ClN2O2S. The zero-order chi connectivity index (χ0) is 21.3. The molecule has 0 saturated carbocycles. The quantitative estimate of drug-likeness (QED) is 0.269. The molecule has 6 heteroatoms.